The number of rotatable bonds is 5. The van der Waals surface area contributed by atoms with Crippen LogP contribution in [0.25, 0.3) is 4.96 Å². The van der Waals surface area contributed by atoms with E-state index < -0.39 is 0 Å². The molecule has 2 aromatic heterocycles. The van der Waals surface area contributed by atoms with E-state index in [4.69, 9.17) is 16.3 Å². The number of methoxy groups -OCH3 is 1. The third-order valence-electron chi connectivity index (χ3n) is 3.46. The van der Waals surface area contributed by atoms with Gasteiger partial charge in [-0.3, -0.25) is 4.40 Å². The summed E-state index contributed by atoms with van der Waals surface area (Å²) < 4.78 is 7.42. The Labute approximate surface area is 132 Å². The number of hydrogen-bond acceptors (Lipinski definition) is 4. The van der Waals surface area contributed by atoms with Crippen molar-refractivity contribution in [1.29, 1.82) is 0 Å². The first-order valence-corrected chi connectivity index (χ1v) is 7.92. The summed E-state index contributed by atoms with van der Waals surface area (Å²) in [5.74, 6) is 0.678. The molecule has 6 heteroatoms. The van der Waals surface area contributed by atoms with Crippen molar-refractivity contribution >= 4 is 27.9 Å². The van der Waals surface area contributed by atoms with Crippen LogP contribution >= 0.6 is 22.9 Å². The maximum absolute atomic E-state index is 5.92. The lowest BCUT2D eigenvalue weighted by Crippen LogP contribution is -2.19. The number of hydrogen-bond donors (Lipinski definition) is 1. The van der Waals surface area contributed by atoms with Crippen molar-refractivity contribution in [3.05, 3.63) is 52.1 Å². The van der Waals surface area contributed by atoms with Crippen LogP contribution in [0.4, 0.5) is 0 Å². The molecular formula is C15H16ClN3OS. The molecule has 0 spiro atoms. The molecule has 0 saturated heterocycles. The van der Waals surface area contributed by atoms with Crippen LogP contribution in [0.1, 0.15) is 24.2 Å². The van der Waals surface area contributed by atoms with Crippen LogP contribution in [0.3, 0.4) is 0 Å². The Morgan fingerprint density at radius 2 is 2.14 bits per heavy atom. The second-order valence-corrected chi connectivity index (χ2v) is 6.09. The van der Waals surface area contributed by atoms with Crippen molar-refractivity contribution in [3.8, 4) is 5.88 Å². The molecule has 0 aliphatic heterocycles. The predicted octanol–water partition coefficient (Wildman–Crippen LogP) is 3.91. The lowest BCUT2D eigenvalue weighted by Gasteiger charge is -2.14. The van der Waals surface area contributed by atoms with Gasteiger partial charge >= 0.3 is 0 Å². The number of ether oxygens (including phenoxy) is 1. The van der Waals surface area contributed by atoms with E-state index in [0.29, 0.717) is 12.4 Å². The molecule has 0 amide bonds. The standard InChI is InChI=1S/C15H16ClN3OS/c1-10(11-3-5-12(16)6-4-11)17-9-13-14(20-2)18-15-19(13)7-8-21-15/h3-8,10,17H,9H2,1-2H3. The van der Waals surface area contributed by atoms with Gasteiger partial charge in [0.25, 0.3) is 0 Å². The van der Waals surface area contributed by atoms with Gasteiger partial charge in [-0.05, 0) is 24.6 Å². The summed E-state index contributed by atoms with van der Waals surface area (Å²) in [6.45, 7) is 2.81. The third kappa shape index (κ3) is 2.90. The maximum Gasteiger partial charge on any atom is 0.237 e. The minimum absolute atomic E-state index is 0.219. The fraction of sp³-hybridized carbons (Fsp3) is 0.267. The first-order valence-electron chi connectivity index (χ1n) is 6.66. The lowest BCUT2D eigenvalue weighted by molar-refractivity contribution is 0.391. The summed E-state index contributed by atoms with van der Waals surface area (Å²) in [5.41, 5.74) is 2.24. The number of imidazole rings is 1. The summed E-state index contributed by atoms with van der Waals surface area (Å²) in [6.07, 6.45) is 2.01. The average Bonchev–Trinajstić information content (AvgIpc) is 3.06. The predicted molar refractivity (Wildman–Crippen MR) is 86.3 cm³/mol. The molecule has 1 aromatic carbocycles. The number of fused-ring (bicyclic) bond motifs is 1. The number of benzene rings is 1. The van der Waals surface area contributed by atoms with Crippen molar-refractivity contribution in [2.24, 2.45) is 0 Å². The second kappa shape index (κ2) is 6.05. The van der Waals surface area contributed by atoms with Crippen molar-refractivity contribution in [2.75, 3.05) is 7.11 Å². The minimum Gasteiger partial charge on any atom is -0.480 e. The largest absolute Gasteiger partial charge is 0.480 e. The highest BCUT2D eigenvalue weighted by molar-refractivity contribution is 7.15. The number of nitrogens with zero attached hydrogens (tertiary/aromatic N) is 2. The normalized spacial score (nSPS) is 12.7. The SMILES string of the molecule is COc1nc2sccn2c1CNC(C)c1ccc(Cl)cc1. The smallest absolute Gasteiger partial charge is 0.237 e. The number of halogens is 1. The average molecular weight is 322 g/mol. The molecule has 0 aliphatic rings. The van der Waals surface area contributed by atoms with Crippen molar-refractivity contribution in [1.82, 2.24) is 14.7 Å². The first kappa shape index (κ1) is 14.4. The molecular weight excluding hydrogens is 306 g/mol. The van der Waals surface area contributed by atoms with Crippen molar-refractivity contribution < 1.29 is 4.74 Å². The van der Waals surface area contributed by atoms with Gasteiger partial charge in [-0.25, -0.2) is 0 Å². The Morgan fingerprint density at radius 1 is 1.38 bits per heavy atom. The highest BCUT2D eigenvalue weighted by atomic mass is 35.5. The van der Waals surface area contributed by atoms with Crippen LogP contribution in [-0.2, 0) is 6.54 Å². The number of aromatic nitrogens is 2. The van der Waals surface area contributed by atoms with Crippen LogP contribution in [0, 0.1) is 0 Å². The van der Waals surface area contributed by atoms with Gasteiger partial charge in [0.2, 0.25) is 5.88 Å². The molecule has 3 aromatic rings. The van der Waals surface area contributed by atoms with E-state index in [0.717, 1.165) is 15.7 Å². The molecule has 4 nitrogen and oxygen atoms in total. The molecule has 3 rings (SSSR count). The van der Waals surface area contributed by atoms with E-state index in [1.54, 1.807) is 18.4 Å². The van der Waals surface area contributed by atoms with Gasteiger partial charge in [0.15, 0.2) is 4.96 Å². The summed E-state index contributed by atoms with van der Waals surface area (Å²) in [4.78, 5) is 5.40. The fourth-order valence-corrected chi connectivity index (χ4v) is 3.11. The topological polar surface area (TPSA) is 38.6 Å². The lowest BCUT2D eigenvalue weighted by atomic mass is 10.1. The number of thiazole rings is 1. The van der Waals surface area contributed by atoms with E-state index in [1.165, 1.54) is 5.56 Å². The van der Waals surface area contributed by atoms with Crippen LogP contribution in [0.15, 0.2) is 35.8 Å². The summed E-state index contributed by atoms with van der Waals surface area (Å²) in [5, 5.41) is 6.27. The van der Waals surface area contributed by atoms with Crippen LogP contribution in [0.2, 0.25) is 5.02 Å². The molecule has 0 aliphatic carbocycles. The molecule has 1 unspecified atom stereocenters. The van der Waals surface area contributed by atoms with Crippen LogP contribution in [-0.4, -0.2) is 16.5 Å². The van der Waals surface area contributed by atoms with Gasteiger partial charge in [-0.2, -0.15) is 4.98 Å². The molecule has 0 saturated carbocycles. The molecule has 1 atom stereocenters. The van der Waals surface area contributed by atoms with Crippen LogP contribution < -0.4 is 10.1 Å². The minimum atomic E-state index is 0.219. The summed E-state index contributed by atoms with van der Waals surface area (Å²) >= 11 is 7.52. The van der Waals surface area contributed by atoms with E-state index in [1.807, 2.05) is 35.8 Å². The highest BCUT2D eigenvalue weighted by Gasteiger charge is 2.14. The Hall–Kier alpha value is -1.56. The van der Waals surface area contributed by atoms with Gasteiger partial charge in [-0.15, -0.1) is 11.3 Å². The van der Waals surface area contributed by atoms with Gasteiger partial charge in [-0.1, -0.05) is 23.7 Å². The van der Waals surface area contributed by atoms with E-state index >= 15 is 0 Å². The summed E-state index contributed by atoms with van der Waals surface area (Å²) in [7, 11) is 1.65. The molecule has 2 heterocycles. The maximum atomic E-state index is 5.92. The molecule has 0 radical (unpaired) electrons. The Kier molecular flexibility index (Phi) is 4.14. The zero-order valence-corrected chi connectivity index (χ0v) is 13.4. The molecule has 21 heavy (non-hydrogen) atoms. The van der Waals surface area contributed by atoms with Crippen molar-refractivity contribution in [3.63, 3.8) is 0 Å². The highest BCUT2D eigenvalue weighted by Crippen LogP contribution is 2.24. The molecule has 110 valence electrons. The third-order valence-corrected chi connectivity index (χ3v) is 4.47. The Morgan fingerprint density at radius 3 is 2.86 bits per heavy atom. The second-order valence-electron chi connectivity index (χ2n) is 4.78. The van der Waals surface area contributed by atoms with Gasteiger partial charge < -0.3 is 10.1 Å². The van der Waals surface area contributed by atoms with Crippen LogP contribution in [0.5, 0.6) is 5.88 Å². The quantitative estimate of drug-likeness (QED) is 0.774. The van der Waals surface area contributed by atoms with Gasteiger partial charge in [0.1, 0.15) is 5.69 Å². The summed E-state index contributed by atoms with van der Waals surface area (Å²) in [6, 6.07) is 8.11. The molecule has 1 N–H and O–H groups in total. The zero-order valence-electron chi connectivity index (χ0n) is 11.8. The molecule has 0 fully saturated rings. The van der Waals surface area contributed by atoms with Gasteiger partial charge in [0.05, 0.1) is 7.11 Å². The van der Waals surface area contributed by atoms with E-state index in [9.17, 15) is 0 Å². The fourth-order valence-electron chi connectivity index (χ4n) is 2.26. The monoisotopic (exact) mass is 321 g/mol. The Balaban J connectivity index is 1.76. The first-order chi connectivity index (χ1) is 10.2. The van der Waals surface area contributed by atoms with E-state index in [-0.39, 0.29) is 6.04 Å². The zero-order chi connectivity index (χ0) is 14.8. The Bertz CT molecular complexity index is 735. The van der Waals surface area contributed by atoms with E-state index in [2.05, 4.69) is 21.6 Å². The van der Waals surface area contributed by atoms with Gasteiger partial charge in [0, 0.05) is 29.2 Å². The molecule has 0 bridgehead atoms. The van der Waals surface area contributed by atoms with Crippen molar-refractivity contribution in [2.45, 2.75) is 19.5 Å². The number of nitrogens with one attached hydrogen (secondary N) is 1.